The molecule has 1 unspecified atom stereocenters. The van der Waals surface area contributed by atoms with Crippen LogP contribution in [0.2, 0.25) is 10.0 Å². The van der Waals surface area contributed by atoms with E-state index in [1.807, 2.05) is 37.3 Å². The molecular weight excluding hydrogens is 433 g/mol. The number of piperidine rings is 1. The van der Waals surface area contributed by atoms with E-state index in [1.54, 1.807) is 12.1 Å². The molecule has 1 saturated heterocycles. The molecule has 3 N–H and O–H groups in total. The van der Waals surface area contributed by atoms with Crippen molar-refractivity contribution in [3.63, 3.8) is 0 Å². The van der Waals surface area contributed by atoms with E-state index in [2.05, 4.69) is 10.2 Å². The predicted octanol–water partition coefficient (Wildman–Crippen LogP) is 4.55. The lowest BCUT2D eigenvalue weighted by Gasteiger charge is -2.30. The van der Waals surface area contributed by atoms with Gasteiger partial charge in [-0.2, -0.15) is 0 Å². The van der Waals surface area contributed by atoms with E-state index in [-0.39, 0.29) is 23.7 Å². The standard InChI is InChI=1S/C24H29Cl2N3O2/c1-16(14-19-4-5-20(25)15-22(19)26)24(31)28-21-6-2-17(3-7-21)8-11-29-12-9-18(10-13-29)23(27)30/h2-7,15-16,18H,8-14H2,1H3,(H2,27,30)(H,28,31). The highest BCUT2D eigenvalue weighted by molar-refractivity contribution is 6.35. The van der Waals surface area contributed by atoms with Gasteiger partial charge in [-0.15, -0.1) is 0 Å². The van der Waals surface area contributed by atoms with Crippen LogP contribution in [-0.2, 0) is 22.4 Å². The lowest BCUT2D eigenvalue weighted by Crippen LogP contribution is -2.39. The molecule has 3 rings (SSSR count). The van der Waals surface area contributed by atoms with Crippen LogP contribution in [0.1, 0.15) is 30.9 Å². The molecule has 0 aliphatic carbocycles. The van der Waals surface area contributed by atoms with E-state index >= 15 is 0 Å². The van der Waals surface area contributed by atoms with Crippen molar-refractivity contribution in [1.29, 1.82) is 0 Å². The number of hydrogen-bond donors (Lipinski definition) is 2. The first-order valence-corrected chi connectivity index (χ1v) is 11.4. The van der Waals surface area contributed by atoms with E-state index in [0.29, 0.717) is 16.5 Å². The molecule has 1 aliphatic heterocycles. The lowest BCUT2D eigenvalue weighted by molar-refractivity contribution is -0.123. The van der Waals surface area contributed by atoms with Crippen LogP contribution in [0.5, 0.6) is 0 Å². The summed E-state index contributed by atoms with van der Waals surface area (Å²) in [5.41, 5.74) is 8.30. The molecule has 5 nitrogen and oxygen atoms in total. The number of nitrogens with two attached hydrogens (primary N) is 1. The summed E-state index contributed by atoms with van der Waals surface area (Å²) >= 11 is 12.2. The normalized spacial score (nSPS) is 16.1. The van der Waals surface area contributed by atoms with Gasteiger partial charge in [0.2, 0.25) is 11.8 Å². The van der Waals surface area contributed by atoms with E-state index in [9.17, 15) is 9.59 Å². The minimum absolute atomic E-state index is 0.0252. The number of carbonyl (C=O) groups is 2. The molecule has 0 saturated carbocycles. The Hall–Kier alpha value is -2.08. The molecule has 31 heavy (non-hydrogen) atoms. The number of primary amides is 1. The van der Waals surface area contributed by atoms with Gasteiger partial charge in [0.1, 0.15) is 0 Å². The molecule has 2 amide bonds. The Balaban J connectivity index is 1.45. The fraction of sp³-hybridized carbons (Fsp3) is 0.417. The first-order chi connectivity index (χ1) is 14.8. The van der Waals surface area contributed by atoms with Gasteiger partial charge in [-0.05, 0) is 74.2 Å². The zero-order valence-corrected chi connectivity index (χ0v) is 19.3. The first-order valence-electron chi connectivity index (χ1n) is 10.7. The Bertz CT molecular complexity index is 910. The molecule has 1 fully saturated rings. The molecule has 0 spiro atoms. The molecule has 0 aromatic heterocycles. The molecular formula is C24H29Cl2N3O2. The summed E-state index contributed by atoms with van der Waals surface area (Å²) < 4.78 is 0. The van der Waals surface area contributed by atoms with Crippen LogP contribution in [0.4, 0.5) is 5.69 Å². The summed E-state index contributed by atoms with van der Waals surface area (Å²) in [4.78, 5) is 26.2. The maximum Gasteiger partial charge on any atom is 0.227 e. The number of amides is 2. The van der Waals surface area contributed by atoms with Gasteiger partial charge in [0, 0.05) is 34.1 Å². The Kier molecular flexibility index (Phi) is 8.35. The highest BCUT2D eigenvalue weighted by Crippen LogP contribution is 2.24. The van der Waals surface area contributed by atoms with Crippen molar-refractivity contribution in [3.05, 3.63) is 63.6 Å². The molecule has 1 aliphatic rings. The van der Waals surface area contributed by atoms with Crippen LogP contribution in [0.3, 0.4) is 0 Å². The molecule has 0 radical (unpaired) electrons. The quantitative estimate of drug-likeness (QED) is 0.605. The SMILES string of the molecule is CC(Cc1ccc(Cl)cc1Cl)C(=O)Nc1ccc(CCN2CCC(C(N)=O)CC2)cc1. The van der Waals surface area contributed by atoms with Crippen molar-refractivity contribution in [2.24, 2.45) is 17.6 Å². The number of halogens is 2. The average Bonchev–Trinajstić information content (AvgIpc) is 2.75. The molecule has 1 atom stereocenters. The minimum atomic E-state index is -0.221. The maximum atomic E-state index is 12.6. The summed E-state index contributed by atoms with van der Waals surface area (Å²) in [7, 11) is 0. The molecule has 0 bridgehead atoms. The van der Waals surface area contributed by atoms with Crippen LogP contribution in [0.15, 0.2) is 42.5 Å². The first kappa shape index (κ1) is 23.6. The highest BCUT2D eigenvalue weighted by atomic mass is 35.5. The summed E-state index contributed by atoms with van der Waals surface area (Å²) in [6.45, 7) is 4.67. The summed E-state index contributed by atoms with van der Waals surface area (Å²) in [5.74, 6) is -0.419. The Labute approximate surface area is 193 Å². The Morgan fingerprint density at radius 1 is 1.13 bits per heavy atom. The summed E-state index contributed by atoms with van der Waals surface area (Å²) in [6, 6.07) is 13.3. The topological polar surface area (TPSA) is 75.4 Å². The van der Waals surface area contributed by atoms with Crippen LogP contribution >= 0.6 is 23.2 Å². The zero-order chi connectivity index (χ0) is 22.4. The van der Waals surface area contributed by atoms with E-state index in [0.717, 1.165) is 50.1 Å². The monoisotopic (exact) mass is 461 g/mol. The minimum Gasteiger partial charge on any atom is -0.369 e. The number of benzene rings is 2. The van der Waals surface area contributed by atoms with Crippen molar-refractivity contribution < 1.29 is 9.59 Å². The van der Waals surface area contributed by atoms with E-state index in [1.165, 1.54) is 5.56 Å². The van der Waals surface area contributed by atoms with Crippen molar-refractivity contribution in [2.75, 3.05) is 25.0 Å². The second-order valence-corrected chi connectivity index (χ2v) is 9.14. The van der Waals surface area contributed by atoms with Gasteiger partial charge in [-0.1, -0.05) is 48.3 Å². The average molecular weight is 462 g/mol. The molecule has 2 aromatic rings. The van der Waals surface area contributed by atoms with Gasteiger partial charge >= 0.3 is 0 Å². The zero-order valence-electron chi connectivity index (χ0n) is 17.7. The number of likely N-dealkylation sites (tertiary alicyclic amines) is 1. The van der Waals surface area contributed by atoms with Gasteiger partial charge < -0.3 is 16.0 Å². The second kappa shape index (κ2) is 11.0. The third-order valence-electron chi connectivity index (χ3n) is 5.92. The molecule has 7 heteroatoms. The third kappa shape index (κ3) is 6.96. The number of rotatable bonds is 8. The molecule has 1 heterocycles. The molecule has 2 aromatic carbocycles. The maximum absolute atomic E-state index is 12.6. The number of hydrogen-bond acceptors (Lipinski definition) is 3. The largest absolute Gasteiger partial charge is 0.369 e. The molecule has 166 valence electrons. The van der Waals surface area contributed by atoms with E-state index < -0.39 is 0 Å². The predicted molar refractivity (Wildman–Crippen MR) is 126 cm³/mol. The van der Waals surface area contributed by atoms with Crippen LogP contribution in [0.25, 0.3) is 0 Å². The summed E-state index contributed by atoms with van der Waals surface area (Å²) in [6.07, 6.45) is 3.17. The number of anilines is 1. The van der Waals surface area contributed by atoms with Crippen molar-refractivity contribution in [1.82, 2.24) is 4.90 Å². The second-order valence-electron chi connectivity index (χ2n) is 8.30. The number of carbonyl (C=O) groups excluding carboxylic acids is 2. The Morgan fingerprint density at radius 2 is 1.81 bits per heavy atom. The van der Waals surface area contributed by atoms with E-state index in [4.69, 9.17) is 28.9 Å². The van der Waals surface area contributed by atoms with Gasteiger partial charge in [0.05, 0.1) is 0 Å². The fourth-order valence-electron chi connectivity index (χ4n) is 3.86. The summed E-state index contributed by atoms with van der Waals surface area (Å²) in [5, 5.41) is 4.14. The van der Waals surface area contributed by atoms with Crippen molar-refractivity contribution in [2.45, 2.75) is 32.6 Å². The van der Waals surface area contributed by atoms with Gasteiger partial charge in [-0.3, -0.25) is 9.59 Å². The fourth-order valence-corrected chi connectivity index (χ4v) is 4.34. The van der Waals surface area contributed by atoms with Crippen molar-refractivity contribution in [3.8, 4) is 0 Å². The lowest BCUT2D eigenvalue weighted by atomic mass is 9.96. The highest BCUT2D eigenvalue weighted by Gasteiger charge is 2.22. The van der Waals surface area contributed by atoms with Gasteiger partial charge in [0.25, 0.3) is 0 Å². The smallest absolute Gasteiger partial charge is 0.227 e. The number of nitrogens with zero attached hydrogens (tertiary/aromatic N) is 1. The van der Waals surface area contributed by atoms with Crippen molar-refractivity contribution >= 4 is 40.7 Å². The number of nitrogens with one attached hydrogen (secondary N) is 1. The van der Waals surface area contributed by atoms with Crippen LogP contribution in [-0.4, -0.2) is 36.3 Å². The van der Waals surface area contributed by atoms with Gasteiger partial charge in [0.15, 0.2) is 0 Å². The van der Waals surface area contributed by atoms with Gasteiger partial charge in [-0.25, -0.2) is 0 Å². The third-order valence-corrected chi connectivity index (χ3v) is 6.50. The van der Waals surface area contributed by atoms with Crippen LogP contribution in [0, 0.1) is 11.8 Å². The Morgan fingerprint density at radius 3 is 2.42 bits per heavy atom. The van der Waals surface area contributed by atoms with Crippen LogP contribution < -0.4 is 11.1 Å².